The molecule has 1 heterocycles. The van der Waals surface area contributed by atoms with Crippen molar-refractivity contribution >= 4 is 16.0 Å². The van der Waals surface area contributed by atoms with Gasteiger partial charge in [-0.15, -0.1) is 0 Å². The lowest BCUT2D eigenvalue weighted by molar-refractivity contribution is 0.299. The van der Waals surface area contributed by atoms with Gasteiger partial charge in [-0.25, -0.2) is 13.6 Å². The van der Waals surface area contributed by atoms with Crippen LogP contribution in [0.1, 0.15) is 32.6 Å². The van der Waals surface area contributed by atoms with Crippen LogP contribution in [0.5, 0.6) is 0 Å². The third-order valence-corrected chi connectivity index (χ3v) is 5.00. The number of primary sulfonamides is 1. The summed E-state index contributed by atoms with van der Waals surface area (Å²) in [5.41, 5.74) is 0. The van der Waals surface area contributed by atoms with E-state index in [1.165, 1.54) is 25.7 Å². The van der Waals surface area contributed by atoms with Crippen LogP contribution in [0.4, 0.5) is 0 Å². The maximum absolute atomic E-state index is 11.0. The molecule has 2 atom stereocenters. The van der Waals surface area contributed by atoms with E-state index in [0.29, 0.717) is 0 Å². The summed E-state index contributed by atoms with van der Waals surface area (Å²) in [5, 5.41) is 8.27. The van der Waals surface area contributed by atoms with Crippen molar-refractivity contribution in [3.63, 3.8) is 0 Å². The predicted octanol–water partition coefficient (Wildman–Crippen LogP) is 0.362. The van der Waals surface area contributed by atoms with Gasteiger partial charge in [-0.2, -0.15) is 0 Å². The van der Waals surface area contributed by atoms with Crippen molar-refractivity contribution in [3.05, 3.63) is 0 Å². The van der Waals surface area contributed by atoms with Crippen LogP contribution in [0.2, 0.25) is 0 Å². The second-order valence-electron chi connectivity index (χ2n) is 5.81. The molecule has 1 aliphatic carbocycles. The van der Waals surface area contributed by atoms with E-state index in [1.807, 2.05) is 6.92 Å². The first kappa shape index (κ1) is 15.6. The number of sulfonamides is 1. The zero-order chi connectivity index (χ0) is 14.6. The number of likely N-dealkylation sites (tertiary alicyclic amines) is 1. The second kappa shape index (κ2) is 6.76. The molecule has 6 nitrogen and oxygen atoms in total. The quantitative estimate of drug-likeness (QED) is 0.580. The van der Waals surface area contributed by atoms with Crippen molar-refractivity contribution in [2.24, 2.45) is 22.0 Å². The molecule has 1 saturated carbocycles. The van der Waals surface area contributed by atoms with Gasteiger partial charge >= 0.3 is 0 Å². The molecule has 2 unspecified atom stereocenters. The number of guanidine groups is 1. The molecule has 2 fully saturated rings. The lowest BCUT2D eigenvalue weighted by atomic mass is 9.82. The van der Waals surface area contributed by atoms with E-state index in [1.54, 1.807) is 0 Å². The maximum Gasteiger partial charge on any atom is 0.210 e. The van der Waals surface area contributed by atoms with Gasteiger partial charge in [0.1, 0.15) is 0 Å². The number of aliphatic imine (C=N–C) groups is 1. The monoisotopic (exact) mass is 302 g/mol. The third kappa shape index (κ3) is 4.34. The molecular weight excluding hydrogens is 276 g/mol. The van der Waals surface area contributed by atoms with Gasteiger partial charge in [0.25, 0.3) is 0 Å². The molecule has 0 amide bonds. The van der Waals surface area contributed by atoms with Crippen LogP contribution in [0.15, 0.2) is 4.99 Å². The van der Waals surface area contributed by atoms with Gasteiger partial charge in [-0.3, -0.25) is 4.99 Å². The van der Waals surface area contributed by atoms with Crippen LogP contribution >= 0.6 is 0 Å². The number of nitrogens with one attached hydrogen (secondary N) is 1. The summed E-state index contributed by atoms with van der Waals surface area (Å²) in [6.45, 7) is 5.14. The molecule has 1 aliphatic heterocycles. The molecule has 0 spiro atoms. The number of hydrogen-bond acceptors (Lipinski definition) is 3. The van der Waals surface area contributed by atoms with Crippen LogP contribution in [0.25, 0.3) is 0 Å². The average molecular weight is 302 g/mol. The van der Waals surface area contributed by atoms with Gasteiger partial charge < -0.3 is 10.2 Å². The van der Waals surface area contributed by atoms with Gasteiger partial charge in [0.15, 0.2) is 5.96 Å². The van der Waals surface area contributed by atoms with Crippen molar-refractivity contribution in [2.75, 3.05) is 31.9 Å². The molecule has 0 aromatic heterocycles. The van der Waals surface area contributed by atoms with Crippen LogP contribution in [0, 0.1) is 11.8 Å². The Labute approximate surface area is 121 Å². The van der Waals surface area contributed by atoms with Crippen molar-refractivity contribution in [3.8, 4) is 0 Å². The molecule has 20 heavy (non-hydrogen) atoms. The zero-order valence-corrected chi connectivity index (χ0v) is 13.0. The van der Waals surface area contributed by atoms with E-state index in [4.69, 9.17) is 5.14 Å². The molecule has 0 aromatic carbocycles. The van der Waals surface area contributed by atoms with Gasteiger partial charge in [0.2, 0.25) is 10.0 Å². The number of rotatable bonds is 4. The largest absolute Gasteiger partial charge is 0.357 e. The summed E-state index contributed by atoms with van der Waals surface area (Å²) in [7, 11) is -3.43. The van der Waals surface area contributed by atoms with Gasteiger partial charge in [-0.05, 0) is 31.6 Å². The molecule has 0 bridgehead atoms. The van der Waals surface area contributed by atoms with Crippen LogP contribution in [-0.2, 0) is 10.0 Å². The zero-order valence-electron chi connectivity index (χ0n) is 12.2. The predicted molar refractivity (Wildman–Crippen MR) is 81.0 cm³/mol. The Balaban J connectivity index is 1.96. The summed E-state index contributed by atoms with van der Waals surface area (Å²) in [6.07, 6.45) is 5.32. The van der Waals surface area contributed by atoms with E-state index in [-0.39, 0.29) is 12.3 Å². The van der Waals surface area contributed by atoms with Crippen molar-refractivity contribution < 1.29 is 8.42 Å². The first-order valence-corrected chi connectivity index (χ1v) is 9.25. The Kier molecular flexibility index (Phi) is 5.26. The second-order valence-corrected chi connectivity index (χ2v) is 7.55. The number of fused-ring (bicyclic) bond motifs is 1. The first-order valence-electron chi connectivity index (χ1n) is 7.53. The van der Waals surface area contributed by atoms with Crippen LogP contribution in [0.3, 0.4) is 0 Å². The highest BCUT2D eigenvalue weighted by Crippen LogP contribution is 2.35. The third-order valence-electron chi connectivity index (χ3n) is 4.25. The Hall–Kier alpha value is -0.820. The smallest absolute Gasteiger partial charge is 0.210 e. The molecule has 2 aliphatic rings. The highest BCUT2D eigenvalue weighted by molar-refractivity contribution is 7.89. The minimum atomic E-state index is -3.43. The Bertz CT molecular complexity index is 435. The molecular formula is C13H26N4O2S. The van der Waals surface area contributed by atoms with E-state index < -0.39 is 10.0 Å². The fourth-order valence-electron chi connectivity index (χ4n) is 3.28. The van der Waals surface area contributed by atoms with Crippen LogP contribution < -0.4 is 10.5 Å². The van der Waals surface area contributed by atoms with Gasteiger partial charge in [0, 0.05) is 19.6 Å². The fraction of sp³-hybridized carbons (Fsp3) is 0.923. The summed E-state index contributed by atoms with van der Waals surface area (Å²) >= 11 is 0. The van der Waals surface area contributed by atoms with Gasteiger partial charge in [-0.1, -0.05) is 12.8 Å². The van der Waals surface area contributed by atoms with E-state index in [0.717, 1.165) is 37.4 Å². The lowest BCUT2D eigenvalue weighted by Gasteiger charge is -2.22. The fourth-order valence-corrected chi connectivity index (χ4v) is 3.63. The summed E-state index contributed by atoms with van der Waals surface area (Å²) < 4.78 is 21.9. The standard InChI is InChI=1S/C13H26N4O2S/c1-2-15-13(16-7-8-20(14,18)19)17-9-11-5-3-4-6-12(11)10-17/h11-12H,2-10H2,1H3,(H,15,16)(H2,14,18,19). The van der Waals surface area contributed by atoms with E-state index in [2.05, 4.69) is 15.2 Å². The van der Waals surface area contributed by atoms with Crippen molar-refractivity contribution in [1.82, 2.24) is 10.2 Å². The Morgan fingerprint density at radius 2 is 1.90 bits per heavy atom. The van der Waals surface area contributed by atoms with Crippen molar-refractivity contribution in [1.29, 1.82) is 0 Å². The molecule has 7 heteroatoms. The molecule has 0 radical (unpaired) electrons. The van der Waals surface area contributed by atoms with Gasteiger partial charge in [0.05, 0.1) is 12.3 Å². The summed E-state index contributed by atoms with van der Waals surface area (Å²) in [4.78, 5) is 6.70. The minimum Gasteiger partial charge on any atom is -0.357 e. The summed E-state index contributed by atoms with van der Waals surface area (Å²) in [6, 6.07) is 0. The number of hydrogen-bond donors (Lipinski definition) is 2. The van der Waals surface area contributed by atoms with Crippen molar-refractivity contribution in [2.45, 2.75) is 32.6 Å². The molecule has 0 aromatic rings. The first-order chi connectivity index (χ1) is 9.49. The number of nitrogens with two attached hydrogens (primary N) is 1. The SMILES string of the molecule is CCNC(=NCCS(N)(=O)=O)N1CC2CCCCC2C1. The molecule has 1 saturated heterocycles. The Morgan fingerprint density at radius 3 is 2.40 bits per heavy atom. The topological polar surface area (TPSA) is 87.8 Å². The van der Waals surface area contributed by atoms with E-state index >= 15 is 0 Å². The molecule has 116 valence electrons. The lowest BCUT2D eigenvalue weighted by Crippen LogP contribution is -2.40. The highest BCUT2D eigenvalue weighted by atomic mass is 32.2. The minimum absolute atomic E-state index is 0.0947. The normalized spacial score (nSPS) is 27.5. The Morgan fingerprint density at radius 1 is 1.30 bits per heavy atom. The highest BCUT2D eigenvalue weighted by Gasteiger charge is 2.35. The number of nitrogens with zero attached hydrogens (tertiary/aromatic N) is 2. The molecule has 3 N–H and O–H groups in total. The summed E-state index contributed by atoms with van der Waals surface area (Å²) in [5.74, 6) is 2.31. The van der Waals surface area contributed by atoms with Crippen LogP contribution in [-0.4, -0.2) is 51.2 Å². The average Bonchev–Trinajstić information content (AvgIpc) is 2.80. The maximum atomic E-state index is 11.0. The molecule has 2 rings (SSSR count). The van der Waals surface area contributed by atoms with E-state index in [9.17, 15) is 8.42 Å².